The molecule has 6 nitrogen and oxygen atoms in total. The number of thiophene rings is 1. The maximum atomic E-state index is 13.7. The van der Waals surface area contributed by atoms with Crippen LogP contribution in [0, 0.1) is 5.92 Å². The highest BCUT2D eigenvalue weighted by molar-refractivity contribution is 7.12. The molecule has 2 saturated heterocycles. The zero-order chi connectivity index (χ0) is 24.6. The minimum atomic E-state index is -4.46. The second-order valence-corrected chi connectivity index (χ2v) is 11.2. The van der Waals surface area contributed by atoms with Gasteiger partial charge in [0.05, 0.1) is 19.4 Å². The second-order valence-electron chi connectivity index (χ2n) is 10.2. The van der Waals surface area contributed by atoms with Gasteiger partial charge in [-0.15, -0.1) is 11.3 Å². The summed E-state index contributed by atoms with van der Waals surface area (Å²) in [4.78, 5) is 2.37. The lowest BCUT2D eigenvalue weighted by atomic mass is 9.81. The molecule has 3 aliphatic rings. The van der Waals surface area contributed by atoms with Gasteiger partial charge in [0.2, 0.25) is 0 Å². The predicted molar refractivity (Wildman–Crippen MR) is 126 cm³/mol. The van der Waals surface area contributed by atoms with Gasteiger partial charge in [-0.25, -0.2) is 0 Å². The van der Waals surface area contributed by atoms with Crippen molar-refractivity contribution >= 4 is 11.3 Å². The summed E-state index contributed by atoms with van der Waals surface area (Å²) in [7, 11) is 0. The van der Waals surface area contributed by atoms with Crippen LogP contribution in [0.25, 0.3) is 0 Å². The minimum Gasteiger partial charge on any atom is -0.392 e. The van der Waals surface area contributed by atoms with Gasteiger partial charge in [0.25, 0.3) is 0 Å². The molecule has 0 unspecified atom stereocenters. The first-order valence-electron chi connectivity index (χ1n) is 12.6. The molecule has 1 N–H and O–H groups in total. The van der Waals surface area contributed by atoms with Crippen molar-refractivity contribution in [2.24, 2.45) is 5.92 Å². The van der Waals surface area contributed by atoms with E-state index in [0.717, 1.165) is 69.0 Å². The Bertz CT molecular complexity index is 1020. The fraction of sp³-hybridized carbons (Fsp3) is 0.720. The van der Waals surface area contributed by atoms with Crippen LogP contribution >= 0.6 is 11.3 Å². The number of aliphatic hydroxyl groups is 1. The number of halogens is 3. The highest BCUT2D eigenvalue weighted by Gasteiger charge is 2.48. The second kappa shape index (κ2) is 10.1. The molecule has 2 atom stereocenters. The fourth-order valence-electron chi connectivity index (χ4n) is 5.96. The van der Waals surface area contributed by atoms with Crippen LogP contribution in [-0.2, 0) is 47.4 Å². The van der Waals surface area contributed by atoms with Crippen LogP contribution in [0.3, 0.4) is 0 Å². The molecule has 35 heavy (non-hydrogen) atoms. The molecule has 0 aliphatic carbocycles. The van der Waals surface area contributed by atoms with Crippen molar-refractivity contribution < 1.29 is 27.8 Å². The van der Waals surface area contributed by atoms with Gasteiger partial charge in [-0.2, -0.15) is 18.3 Å². The Balaban J connectivity index is 1.24. The van der Waals surface area contributed by atoms with Crippen LogP contribution in [0.5, 0.6) is 0 Å². The molecular formula is C25H34F3N3O3S. The topological polar surface area (TPSA) is 59.8 Å². The maximum absolute atomic E-state index is 13.7. The van der Waals surface area contributed by atoms with E-state index in [4.69, 9.17) is 9.47 Å². The van der Waals surface area contributed by atoms with E-state index in [1.54, 1.807) is 0 Å². The van der Waals surface area contributed by atoms with Crippen molar-refractivity contribution in [1.82, 2.24) is 14.7 Å². The minimum absolute atomic E-state index is 0.0448. The summed E-state index contributed by atoms with van der Waals surface area (Å²) in [5.74, 6) is 0.705. The summed E-state index contributed by atoms with van der Waals surface area (Å²) >= 11 is 0.777. The Morgan fingerprint density at radius 3 is 2.77 bits per heavy atom. The van der Waals surface area contributed by atoms with Crippen molar-refractivity contribution in [1.29, 1.82) is 0 Å². The first-order chi connectivity index (χ1) is 16.8. The van der Waals surface area contributed by atoms with Crippen LogP contribution < -0.4 is 0 Å². The van der Waals surface area contributed by atoms with Gasteiger partial charge >= 0.3 is 6.18 Å². The molecule has 0 radical (unpaired) electrons. The largest absolute Gasteiger partial charge is 0.425 e. The van der Waals surface area contributed by atoms with Crippen molar-refractivity contribution in [2.45, 2.75) is 83.0 Å². The molecule has 5 heterocycles. The Hall–Kier alpha value is -1.46. The van der Waals surface area contributed by atoms with Crippen LogP contribution in [0.15, 0.2) is 12.4 Å². The molecule has 5 rings (SSSR count). The third kappa shape index (κ3) is 5.18. The van der Waals surface area contributed by atoms with E-state index in [1.807, 2.05) is 10.9 Å². The Morgan fingerprint density at radius 2 is 2.06 bits per heavy atom. The third-order valence-corrected chi connectivity index (χ3v) is 9.41. The Kier molecular flexibility index (Phi) is 7.29. The van der Waals surface area contributed by atoms with Gasteiger partial charge < -0.3 is 14.6 Å². The lowest BCUT2D eigenvalue weighted by molar-refractivity contribution is -0.135. The van der Waals surface area contributed by atoms with Crippen molar-refractivity contribution in [3.05, 3.63) is 38.8 Å². The number of hydrogen-bond acceptors (Lipinski definition) is 6. The first-order valence-corrected chi connectivity index (χ1v) is 13.4. The summed E-state index contributed by atoms with van der Waals surface area (Å²) in [6.07, 6.45) is 4.66. The molecule has 2 aromatic heterocycles. The van der Waals surface area contributed by atoms with E-state index in [9.17, 15) is 18.3 Å². The average molecular weight is 514 g/mol. The van der Waals surface area contributed by atoms with Crippen molar-refractivity contribution in [3.63, 3.8) is 0 Å². The lowest BCUT2D eigenvalue weighted by Gasteiger charge is -2.47. The van der Waals surface area contributed by atoms with E-state index in [2.05, 4.69) is 23.1 Å². The lowest BCUT2D eigenvalue weighted by Crippen LogP contribution is -2.50. The quantitative estimate of drug-likeness (QED) is 0.606. The van der Waals surface area contributed by atoms with Crippen LogP contribution in [0.1, 0.15) is 65.5 Å². The predicted octanol–water partition coefficient (Wildman–Crippen LogP) is 4.72. The summed E-state index contributed by atoms with van der Waals surface area (Å²) < 4.78 is 54.7. The SMILES string of the molecule is C[C@H]1C[C@@]2(CCN1Cc1cnn(CCC3CCOCC3)c1)OCCc1c2sc(C(F)(F)F)c1CO. The monoisotopic (exact) mass is 513 g/mol. The molecule has 2 aromatic rings. The summed E-state index contributed by atoms with van der Waals surface area (Å²) in [5.41, 5.74) is 1.16. The van der Waals surface area contributed by atoms with Gasteiger partial charge in [0.15, 0.2) is 0 Å². The molecule has 2 fully saturated rings. The number of aliphatic hydroxyl groups excluding tert-OH is 1. The molecule has 0 amide bonds. The number of rotatable bonds is 6. The number of alkyl halides is 3. The number of hydrogen-bond donors (Lipinski definition) is 1. The molecule has 1 spiro atoms. The zero-order valence-corrected chi connectivity index (χ0v) is 21.0. The van der Waals surface area contributed by atoms with E-state index in [-0.39, 0.29) is 11.6 Å². The van der Waals surface area contributed by atoms with Crippen LogP contribution in [0.2, 0.25) is 0 Å². The van der Waals surface area contributed by atoms with Crippen LogP contribution in [-0.4, -0.2) is 52.2 Å². The summed E-state index contributed by atoms with van der Waals surface area (Å²) in [6, 6.07) is 0.148. The molecule has 0 aromatic carbocycles. The van der Waals surface area contributed by atoms with Crippen molar-refractivity contribution in [3.8, 4) is 0 Å². The number of likely N-dealkylation sites (tertiary alicyclic amines) is 1. The van der Waals surface area contributed by atoms with E-state index < -0.39 is 23.3 Å². The fourth-order valence-corrected chi connectivity index (χ4v) is 7.37. The molecule has 194 valence electrons. The third-order valence-electron chi connectivity index (χ3n) is 7.91. The highest BCUT2D eigenvalue weighted by Crippen LogP contribution is 2.51. The molecule has 3 aliphatic heterocycles. The number of aromatic nitrogens is 2. The smallest absolute Gasteiger partial charge is 0.392 e. The molecule has 0 saturated carbocycles. The standard InChI is InChI=1S/C25H34F3N3O3S/c1-17-12-24(22-20(5-11-34-24)21(16-32)23(35-22)25(26,27)28)6-8-30(17)14-19-13-29-31(15-19)7-2-18-3-9-33-10-4-18/h13,15,17-18,32H,2-12,14,16H2,1H3/t17-,24+/m0/s1. The molecule has 10 heteroatoms. The average Bonchev–Trinajstić information content (AvgIpc) is 3.45. The summed E-state index contributed by atoms with van der Waals surface area (Å²) in [5, 5.41) is 14.3. The van der Waals surface area contributed by atoms with Gasteiger partial charge in [-0.1, -0.05) is 0 Å². The van der Waals surface area contributed by atoms with Crippen molar-refractivity contribution in [2.75, 3.05) is 26.4 Å². The van der Waals surface area contributed by atoms with Crippen LogP contribution in [0.4, 0.5) is 13.2 Å². The van der Waals surface area contributed by atoms with Gasteiger partial charge in [0, 0.05) is 61.1 Å². The normalized spacial score (nSPS) is 26.4. The Labute approximate surface area is 208 Å². The number of fused-ring (bicyclic) bond motifs is 2. The van der Waals surface area contributed by atoms with E-state index in [0.29, 0.717) is 42.2 Å². The Morgan fingerprint density at radius 1 is 1.26 bits per heavy atom. The number of aryl methyl sites for hydroxylation is 1. The van der Waals surface area contributed by atoms with Gasteiger partial charge in [0.1, 0.15) is 10.5 Å². The number of ether oxygens (including phenoxy) is 2. The van der Waals surface area contributed by atoms with Gasteiger partial charge in [-0.05, 0) is 56.9 Å². The maximum Gasteiger partial charge on any atom is 0.425 e. The zero-order valence-electron chi connectivity index (χ0n) is 20.1. The van der Waals surface area contributed by atoms with E-state index >= 15 is 0 Å². The van der Waals surface area contributed by atoms with Gasteiger partial charge in [-0.3, -0.25) is 9.58 Å². The number of piperidine rings is 1. The molecular weight excluding hydrogens is 479 g/mol. The first kappa shape index (κ1) is 25.2. The number of nitrogens with zero attached hydrogens (tertiary/aromatic N) is 3. The summed E-state index contributed by atoms with van der Waals surface area (Å²) in [6.45, 7) is 6.06. The van der Waals surface area contributed by atoms with E-state index in [1.165, 1.54) is 0 Å². The molecule has 0 bridgehead atoms. The highest BCUT2D eigenvalue weighted by atomic mass is 32.1.